The monoisotopic (exact) mass is 367 g/mol. The van der Waals surface area contributed by atoms with Gasteiger partial charge in [-0.15, -0.1) is 0 Å². The maximum Gasteiger partial charge on any atom is 0.253 e. The maximum atomic E-state index is 13.0. The van der Waals surface area contributed by atoms with Crippen molar-refractivity contribution in [3.63, 3.8) is 0 Å². The summed E-state index contributed by atoms with van der Waals surface area (Å²) in [5.41, 5.74) is 1.16. The average molecular weight is 367 g/mol. The van der Waals surface area contributed by atoms with Gasteiger partial charge in [-0.25, -0.2) is 4.98 Å². The zero-order valence-corrected chi connectivity index (χ0v) is 15.6. The SMILES string of the molecule is CCCN1CCCC2(CCN(C(=O)c3ccc(-c4ncn[nH]4)cc3)C2)C1=O. The van der Waals surface area contributed by atoms with Gasteiger partial charge in [0.1, 0.15) is 6.33 Å². The van der Waals surface area contributed by atoms with E-state index in [0.29, 0.717) is 24.5 Å². The van der Waals surface area contributed by atoms with Gasteiger partial charge in [0.2, 0.25) is 5.91 Å². The van der Waals surface area contributed by atoms with Gasteiger partial charge in [0.05, 0.1) is 5.41 Å². The number of nitrogens with zero attached hydrogens (tertiary/aromatic N) is 4. The summed E-state index contributed by atoms with van der Waals surface area (Å²) in [5.74, 6) is 0.918. The van der Waals surface area contributed by atoms with Crippen LogP contribution in [0.15, 0.2) is 30.6 Å². The van der Waals surface area contributed by atoms with E-state index in [1.54, 1.807) is 0 Å². The van der Waals surface area contributed by atoms with Gasteiger partial charge in [0.15, 0.2) is 5.82 Å². The van der Waals surface area contributed by atoms with Crippen LogP contribution in [0.25, 0.3) is 11.4 Å². The van der Waals surface area contributed by atoms with Crippen LogP contribution in [0, 0.1) is 5.41 Å². The number of aromatic nitrogens is 3. The predicted molar refractivity (Wildman–Crippen MR) is 101 cm³/mol. The van der Waals surface area contributed by atoms with Crippen molar-refractivity contribution in [1.82, 2.24) is 25.0 Å². The molecule has 2 aliphatic rings. The van der Waals surface area contributed by atoms with Crippen LogP contribution in [-0.4, -0.2) is 63.0 Å². The molecule has 7 heteroatoms. The van der Waals surface area contributed by atoms with Crippen molar-refractivity contribution in [1.29, 1.82) is 0 Å². The summed E-state index contributed by atoms with van der Waals surface area (Å²) >= 11 is 0. The average Bonchev–Trinajstić information content (AvgIpc) is 3.37. The second-order valence-electron chi connectivity index (χ2n) is 7.56. The summed E-state index contributed by atoms with van der Waals surface area (Å²) in [5, 5.41) is 6.66. The van der Waals surface area contributed by atoms with Gasteiger partial charge in [0.25, 0.3) is 5.91 Å². The van der Waals surface area contributed by atoms with Crippen molar-refractivity contribution in [3.8, 4) is 11.4 Å². The number of H-pyrrole nitrogens is 1. The summed E-state index contributed by atoms with van der Waals surface area (Å²) in [4.78, 5) is 33.9. The normalized spacial score (nSPS) is 22.6. The van der Waals surface area contributed by atoms with Gasteiger partial charge in [-0.3, -0.25) is 14.7 Å². The Hall–Kier alpha value is -2.70. The molecule has 4 rings (SSSR count). The number of amides is 2. The molecule has 2 saturated heterocycles. The number of rotatable bonds is 4. The minimum Gasteiger partial charge on any atom is -0.342 e. The second-order valence-corrected chi connectivity index (χ2v) is 7.56. The molecular formula is C20H25N5O2. The van der Waals surface area contributed by atoms with E-state index in [-0.39, 0.29) is 17.2 Å². The third-order valence-electron chi connectivity index (χ3n) is 5.78. The Balaban J connectivity index is 1.47. The molecule has 27 heavy (non-hydrogen) atoms. The van der Waals surface area contributed by atoms with E-state index < -0.39 is 0 Å². The number of likely N-dealkylation sites (tertiary alicyclic amines) is 2. The molecule has 3 heterocycles. The van der Waals surface area contributed by atoms with Gasteiger partial charge in [-0.2, -0.15) is 5.10 Å². The first-order chi connectivity index (χ1) is 13.1. The van der Waals surface area contributed by atoms with Gasteiger partial charge in [-0.1, -0.05) is 19.1 Å². The molecule has 0 radical (unpaired) electrons. The minimum atomic E-state index is -0.372. The Kier molecular flexibility index (Phi) is 4.68. The molecule has 1 N–H and O–H groups in total. The van der Waals surface area contributed by atoms with Crippen molar-refractivity contribution >= 4 is 11.8 Å². The van der Waals surface area contributed by atoms with Gasteiger partial charge in [0, 0.05) is 37.3 Å². The molecule has 2 amide bonds. The standard InChI is InChI=1S/C20H25N5O2/c1-2-10-24-11-3-8-20(19(24)27)9-12-25(13-20)18(26)16-6-4-15(5-7-16)17-21-14-22-23-17/h4-7,14H,2-3,8-13H2,1H3,(H,21,22,23). The summed E-state index contributed by atoms with van der Waals surface area (Å²) in [6.07, 6.45) is 5.12. The van der Waals surface area contributed by atoms with Crippen LogP contribution < -0.4 is 0 Å². The van der Waals surface area contributed by atoms with E-state index in [9.17, 15) is 9.59 Å². The molecule has 1 aromatic heterocycles. The van der Waals surface area contributed by atoms with Crippen LogP contribution in [0.2, 0.25) is 0 Å². The van der Waals surface area contributed by atoms with E-state index in [4.69, 9.17) is 0 Å². The molecule has 0 aliphatic carbocycles. The lowest BCUT2D eigenvalue weighted by atomic mass is 9.78. The Labute approximate surface area is 158 Å². The van der Waals surface area contributed by atoms with Gasteiger partial charge in [-0.05, 0) is 37.8 Å². The fourth-order valence-corrected chi connectivity index (χ4v) is 4.36. The zero-order chi connectivity index (χ0) is 18.9. The molecule has 2 fully saturated rings. The molecule has 2 aromatic rings. The lowest BCUT2D eigenvalue weighted by Crippen LogP contribution is -2.50. The third-order valence-corrected chi connectivity index (χ3v) is 5.78. The van der Waals surface area contributed by atoms with Crippen molar-refractivity contribution < 1.29 is 9.59 Å². The Bertz CT molecular complexity index is 815. The number of carbonyl (C=O) groups is 2. The minimum absolute atomic E-state index is 0.00332. The molecule has 2 aliphatic heterocycles. The molecule has 1 spiro atoms. The van der Waals surface area contributed by atoms with Crippen molar-refractivity contribution in [2.24, 2.45) is 5.41 Å². The maximum absolute atomic E-state index is 13.0. The van der Waals surface area contributed by atoms with E-state index in [2.05, 4.69) is 22.1 Å². The zero-order valence-electron chi connectivity index (χ0n) is 15.6. The Morgan fingerprint density at radius 2 is 2.04 bits per heavy atom. The Morgan fingerprint density at radius 3 is 2.74 bits per heavy atom. The molecule has 1 aromatic carbocycles. The summed E-state index contributed by atoms with van der Waals surface area (Å²) in [7, 11) is 0. The van der Waals surface area contributed by atoms with Crippen LogP contribution in [0.4, 0.5) is 0 Å². The van der Waals surface area contributed by atoms with Gasteiger partial charge < -0.3 is 9.80 Å². The second kappa shape index (κ2) is 7.13. The first-order valence-electron chi connectivity index (χ1n) is 9.67. The van der Waals surface area contributed by atoms with Crippen LogP contribution in [0.5, 0.6) is 0 Å². The molecule has 0 bridgehead atoms. The lowest BCUT2D eigenvalue weighted by Gasteiger charge is -2.39. The van der Waals surface area contributed by atoms with E-state index in [0.717, 1.165) is 44.3 Å². The summed E-state index contributed by atoms with van der Waals surface area (Å²) in [6.45, 7) is 4.95. The van der Waals surface area contributed by atoms with Crippen molar-refractivity contribution in [3.05, 3.63) is 36.2 Å². The number of hydrogen-bond acceptors (Lipinski definition) is 4. The molecule has 0 saturated carbocycles. The number of nitrogens with one attached hydrogen (secondary N) is 1. The van der Waals surface area contributed by atoms with Crippen molar-refractivity contribution in [2.75, 3.05) is 26.2 Å². The molecule has 7 nitrogen and oxygen atoms in total. The number of piperidine rings is 1. The highest BCUT2D eigenvalue weighted by Crippen LogP contribution is 2.40. The summed E-state index contributed by atoms with van der Waals surface area (Å²) < 4.78 is 0. The largest absolute Gasteiger partial charge is 0.342 e. The highest BCUT2D eigenvalue weighted by Gasteiger charge is 2.49. The van der Waals surface area contributed by atoms with Crippen LogP contribution in [-0.2, 0) is 4.79 Å². The molecule has 142 valence electrons. The fourth-order valence-electron chi connectivity index (χ4n) is 4.36. The van der Waals surface area contributed by atoms with Crippen molar-refractivity contribution in [2.45, 2.75) is 32.6 Å². The predicted octanol–water partition coefficient (Wildman–Crippen LogP) is 2.34. The molecular weight excluding hydrogens is 342 g/mol. The Morgan fingerprint density at radius 1 is 1.22 bits per heavy atom. The highest BCUT2D eigenvalue weighted by atomic mass is 16.2. The quantitative estimate of drug-likeness (QED) is 0.899. The van der Waals surface area contributed by atoms with Crippen LogP contribution in [0.1, 0.15) is 43.0 Å². The first kappa shape index (κ1) is 17.7. The third kappa shape index (κ3) is 3.22. The topological polar surface area (TPSA) is 82.2 Å². The van der Waals surface area contributed by atoms with E-state index in [1.807, 2.05) is 34.1 Å². The molecule has 1 unspecified atom stereocenters. The number of benzene rings is 1. The van der Waals surface area contributed by atoms with E-state index >= 15 is 0 Å². The number of carbonyl (C=O) groups excluding carboxylic acids is 2. The number of aromatic amines is 1. The first-order valence-corrected chi connectivity index (χ1v) is 9.67. The number of hydrogen-bond donors (Lipinski definition) is 1. The molecule has 1 atom stereocenters. The van der Waals surface area contributed by atoms with Crippen LogP contribution >= 0.6 is 0 Å². The fraction of sp³-hybridized carbons (Fsp3) is 0.500. The smallest absolute Gasteiger partial charge is 0.253 e. The van der Waals surface area contributed by atoms with Gasteiger partial charge >= 0.3 is 0 Å². The van der Waals surface area contributed by atoms with E-state index in [1.165, 1.54) is 6.33 Å². The summed E-state index contributed by atoms with van der Waals surface area (Å²) in [6, 6.07) is 7.37. The lowest BCUT2D eigenvalue weighted by molar-refractivity contribution is -0.145. The highest BCUT2D eigenvalue weighted by molar-refractivity contribution is 5.96. The van der Waals surface area contributed by atoms with Crippen LogP contribution in [0.3, 0.4) is 0 Å².